The highest BCUT2D eigenvalue weighted by atomic mass is 19.4. The lowest BCUT2D eigenvalue weighted by molar-refractivity contribution is -0.141. The molecule has 0 aliphatic carbocycles. The normalized spacial score (nSPS) is 11.7. The molecule has 0 saturated carbocycles. The van der Waals surface area contributed by atoms with Crippen molar-refractivity contribution in [1.29, 1.82) is 0 Å². The molecular weight excluding hydrogens is 299 g/mol. The van der Waals surface area contributed by atoms with Gasteiger partial charge in [-0.1, -0.05) is 13.8 Å². The zero-order valence-corrected chi connectivity index (χ0v) is 11.9. The van der Waals surface area contributed by atoms with Crippen molar-refractivity contribution >= 4 is 11.6 Å². The zero-order chi connectivity index (χ0) is 16.3. The van der Waals surface area contributed by atoms with Crippen LogP contribution < -0.4 is 5.32 Å². The van der Waals surface area contributed by atoms with E-state index in [9.17, 15) is 18.0 Å². The maximum atomic E-state index is 12.4. The second-order valence-corrected chi connectivity index (χ2v) is 4.92. The van der Waals surface area contributed by atoms with Crippen LogP contribution in [0.15, 0.2) is 24.8 Å². The molecule has 0 aromatic carbocycles. The third-order valence-corrected chi connectivity index (χ3v) is 2.80. The van der Waals surface area contributed by atoms with E-state index in [1.807, 2.05) is 13.8 Å². The summed E-state index contributed by atoms with van der Waals surface area (Å²) in [6, 6.07) is 0.818. The van der Waals surface area contributed by atoms with Crippen LogP contribution >= 0.6 is 0 Å². The van der Waals surface area contributed by atoms with E-state index in [1.165, 1.54) is 12.5 Å². The SMILES string of the molecule is CC(C)c1ncncc1NC(=O)Cn1ccc(C(F)(F)F)n1. The van der Waals surface area contributed by atoms with Gasteiger partial charge in [-0.05, 0) is 12.0 Å². The minimum Gasteiger partial charge on any atom is -0.322 e. The number of alkyl halides is 3. The van der Waals surface area contributed by atoms with Crippen molar-refractivity contribution in [1.82, 2.24) is 19.7 Å². The van der Waals surface area contributed by atoms with Crippen LogP contribution in [0.3, 0.4) is 0 Å². The Morgan fingerprint density at radius 3 is 2.73 bits per heavy atom. The van der Waals surface area contributed by atoms with Crippen LogP contribution in [0.25, 0.3) is 0 Å². The summed E-state index contributed by atoms with van der Waals surface area (Å²) in [6.45, 7) is 3.48. The molecule has 0 unspecified atom stereocenters. The lowest BCUT2D eigenvalue weighted by atomic mass is 10.1. The monoisotopic (exact) mass is 313 g/mol. The van der Waals surface area contributed by atoms with Gasteiger partial charge in [-0.2, -0.15) is 18.3 Å². The highest BCUT2D eigenvalue weighted by molar-refractivity contribution is 5.90. The molecule has 0 aliphatic heterocycles. The van der Waals surface area contributed by atoms with E-state index in [1.54, 1.807) is 0 Å². The predicted octanol–water partition coefficient (Wildman–Crippen LogP) is 2.45. The van der Waals surface area contributed by atoms with E-state index in [-0.39, 0.29) is 12.5 Å². The molecule has 6 nitrogen and oxygen atoms in total. The summed E-state index contributed by atoms with van der Waals surface area (Å²) in [7, 11) is 0. The van der Waals surface area contributed by atoms with Crippen LogP contribution in [0.2, 0.25) is 0 Å². The summed E-state index contributed by atoms with van der Waals surface area (Å²) in [5, 5.41) is 5.90. The van der Waals surface area contributed by atoms with Crippen LogP contribution in [0.5, 0.6) is 0 Å². The molecule has 0 aliphatic rings. The van der Waals surface area contributed by atoms with E-state index < -0.39 is 17.8 Å². The summed E-state index contributed by atoms with van der Waals surface area (Å²) in [4.78, 5) is 19.8. The van der Waals surface area contributed by atoms with Gasteiger partial charge in [0.05, 0.1) is 17.6 Å². The molecule has 2 aromatic heterocycles. The van der Waals surface area contributed by atoms with Gasteiger partial charge in [0, 0.05) is 6.20 Å². The number of halogens is 3. The minimum absolute atomic E-state index is 0.0693. The van der Waals surface area contributed by atoms with Gasteiger partial charge in [-0.3, -0.25) is 9.48 Å². The maximum absolute atomic E-state index is 12.4. The molecule has 2 aromatic rings. The Labute approximate surface area is 124 Å². The minimum atomic E-state index is -4.53. The summed E-state index contributed by atoms with van der Waals surface area (Å²) >= 11 is 0. The van der Waals surface area contributed by atoms with Crippen molar-refractivity contribution in [3.63, 3.8) is 0 Å². The van der Waals surface area contributed by atoms with Gasteiger partial charge in [0.15, 0.2) is 5.69 Å². The van der Waals surface area contributed by atoms with Gasteiger partial charge in [0.2, 0.25) is 5.91 Å². The summed E-state index contributed by atoms with van der Waals surface area (Å²) in [6.07, 6.45) is -0.606. The van der Waals surface area contributed by atoms with Crippen molar-refractivity contribution in [2.45, 2.75) is 32.5 Å². The van der Waals surface area contributed by atoms with E-state index in [0.717, 1.165) is 16.9 Å². The Morgan fingerprint density at radius 1 is 1.41 bits per heavy atom. The lowest BCUT2D eigenvalue weighted by Gasteiger charge is -2.11. The van der Waals surface area contributed by atoms with Gasteiger partial charge < -0.3 is 5.32 Å². The van der Waals surface area contributed by atoms with Crippen molar-refractivity contribution in [3.05, 3.63) is 36.2 Å². The molecule has 1 N–H and O–H groups in total. The quantitative estimate of drug-likeness (QED) is 0.941. The Kier molecular flexibility index (Phi) is 4.43. The van der Waals surface area contributed by atoms with Crippen molar-refractivity contribution < 1.29 is 18.0 Å². The number of rotatable bonds is 4. The van der Waals surface area contributed by atoms with Crippen molar-refractivity contribution in [2.75, 3.05) is 5.32 Å². The zero-order valence-electron chi connectivity index (χ0n) is 11.9. The molecule has 2 rings (SSSR count). The first-order valence-corrected chi connectivity index (χ1v) is 6.47. The van der Waals surface area contributed by atoms with Gasteiger partial charge >= 0.3 is 6.18 Å². The van der Waals surface area contributed by atoms with E-state index in [4.69, 9.17) is 0 Å². The fraction of sp³-hybridized carbons (Fsp3) is 0.385. The molecule has 0 radical (unpaired) electrons. The van der Waals surface area contributed by atoms with Crippen LogP contribution in [-0.4, -0.2) is 25.7 Å². The number of amides is 1. The Morgan fingerprint density at radius 2 is 2.14 bits per heavy atom. The van der Waals surface area contributed by atoms with E-state index >= 15 is 0 Å². The molecule has 0 bridgehead atoms. The average molecular weight is 313 g/mol. The average Bonchev–Trinajstić information content (AvgIpc) is 2.87. The van der Waals surface area contributed by atoms with E-state index in [0.29, 0.717) is 11.4 Å². The second kappa shape index (κ2) is 6.12. The first kappa shape index (κ1) is 15.9. The van der Waals surface area contributed by atoms with Crippen LogP contribution in [-0.2, 0) is 17.5 Å². The van der Waals surface area contributed by atoms with Gasteiger partial charge in [0.25, 0.3) is 0 Å². The predicted molar refractivity (Wildman–Crippen MR) is 72.0 cm³/mol. The Balaban J connectivity index is 2.06. The topological polar surface area (TPSA) is 72.7 Å². The number of anilines is 1. The smallest absolute Gasteiger partial charge is 0.322 e. The molecule has 9 heteroatoms. The number of nitrogens with one attached hydrogen (secondary N) is 1. The molecule has 0 spiro atoms. The summed E-state index contributed by atoms with van der Waals surface area (Å²) in [5.74, 6) is -0.437. The molecule has 118 valence electrons. The van der Waals surface area contributed by atoms with Crippen LogP contribution in [0, 0.1) is 0 Å². The molecule has 0 atom stereocenters. The van der Waals surface area contributed by atoms with Crippen LogP contribution in [0.4, 0.5) is 18.9 Å². The standard InChI is InChI=1S/C13H14F3N5O/c1-8(2)12-9(5-17-7-18-12)19-11(22)6-21-4-3-10(20-21)13(14,15)16/h3-5,7-8H,6H2,1-2H3,(H,19,22). The molecular formula is C13H14F3N5O. The summed E-state index contributed by atoms with van der Waals surface area (Å²) < 4.78 is 38.2. The van der Waals surface area contributed by atoms with Crippen LogP contribution in [0.1, 0.15) is 31.2 Å². The molecule has 22 heavy (non-hydrogen) atoms. The van der Waals surface area contributed by atoms with E-state index in [2.05, 4.69) is 20.4 Å². The number of nitrogens with zero attached hydrogens (tertiary/aromatic N) is 4. The third kappa shape index (κ3) is 3.80. The first-order chi connectivity index (χ1) is 10.3. The molecule has 0 saturated heterocycles. The van der Waals surface area contributed by atoms with Gasteiger partial charge in [-0.15, -0.1) is 0 Å². The highest BCUT2D eigenvalue weighted by Crippen LogP contribution is 2.27. The van der Waals surface area contributed by atoms with Crippen molar-refractivity contribution in [2.24, 2.45) is 0 Å². The fourth-order valence-electron chi connectivity index (χ4n) is 1.83. The second-order valence-electron chi connectivity index (χ2n) is 4.92. The number of carbonyl (C=O) groups excluding carboxylic acids is 1. The Hall–Kier alpha value is -2.45. The number of hydrogen-bond acceptors (Lipinski definition) is 4. The fourth-order valence-corrected chi connectivity index (χ4v) is 1.83. The molecule has 0 fully saturated rings. The number of aromatic nitrogens is 4. The summed E-state index contributed by atoms with van der Waals surface area (Å²) in [5.41, 5.74) is 0.0525. The number of carbonyl (C=O) groups is 1. The largest absolute Gasteiger partial charge is 0.435 e. The third-order valence-electron chi connectivity index (χ3n) is 2.80. The maximum Gasteiger partial charge on any atom is 0.435 e. The van der Waals surface area contributed by atoms with Crippen molar-refractivity contribution in [3.8, 4) is 0 Å². The Bertz CT molecular complexity index is 666. The lowest BCUT2D eigenvalue weighted by Crippen LogP contribution is -2.21. The van der Waals surface area contributed by atoms with Gasteiger partial charge in [-0.25, -0.2) is 9.97 Å². The number of hydrogen-bond donors (Lipinski definition) is 1. The molecule has 2 heterocycles. The highest BCUT2D eigenvalue weighted by Gasteiger charge is 2.33. The molecule has 1 amide bonds. The van der Waals surface area contributed by atoms with Gasteiger partial charge in [0.1, 0.15) is 12.9 Å². The first-order valence-electron chi connectivity index (χ1n) is 6.47.